The van der Waals surface area contributed by atoms with Crippen LogP contribution in [0, 0.1) is 6.92 Å². The lowest BCUT2D eigenvalue weighted by Crippen LogP contribution is -2.27. The first-order valence-corrected chi connectivity index (χ1v) is 12.2. The number of hydrogen-bond donors (Lipinski definition) is 0. The number of fused-ring (bicyclic) bond motifs is 1. The van der Waals surface area contributed by atoms with E-state index in [1.807, 2.05) is 42.5 Å². The summed E-state index contributed by atoms with van der Waals surface area (Å²) in [5.74, 6) is -0.247. The number of imide groups is 1. The average Bonchev–Trinajstić information content (AvgIpc) is 3.27. The average molecular weight is 517 g/mol. The Labute approximate surface area is 205 Å². The summed E-state index contributed by atoms with van der Waals surface area (Å²) in [6.45, 7) is 3.10. The minimum atomic E-state index is -0.247. The van der Waals surface area contributed by atoms with Crippen molar-refractivity contribution in [1.82, 2.24) is 9.47 Å². The van der Waals surface area contributed by atoms with E-state index in [-0.39, 0.29) is 17.7 Å². The fourth-order valence-electron chi connectivity index (χ4n) is 4.08. The zero-order valence-corrected chi connectivity index (χ0v) is 20.4. The van der Waals surface area contributed by atoms with Crippen molar-refractivity contribution in [1.29, 1.82) is 0 Å². The van der Waals surface area contributed by atoms with Crippen molar-refractivity contribution in [3.8, 4) is 0 Å². The van der Waals surface area contributed by atoms with Crippen LogP contribution in [0.2, 0.25) is 0 Å². The highest BCUT2D eigenvalue weighted by atomic mass is 79.9. The molecule has 2 heterocycles. The van der Waals surface area contributed by atoms with Crippen LogP contribution in [0.3, 0.4) is 0 Å². The Balaban J connectivity index is 1.45. The molecule has 4 aromatic rings. The third-order valence-corrected chi connectivity index (χ3v) is 7.10. The third-order valence-electron chi connectivity index (χ3n) is 5.67. The van der Waals surface area contributed by atoms with Crippen molar-refractivity contribution in [2.24, 2.45) is 0 Å². The van der Waals surface area contributed by atoms with E-state index in [2.05, 4.69) is 70.0 Å². The van der Waals surface area contributed by atoms with Gasteiger partial charge in [-0.05, 0) is 54.1 Å². The van der Waals surface area contributed by atoms with Crippen molar-refractivity contribution >= 4 is 55.8 Å². The number of para-hydroxylation sites is 1. The van der Waals surface area contributed by atoms with Gasteiger partial charge in [0, 0.05) is 33.7 Å². The highest BCUT2D eigenvalue weighted by Gasteiger charge is 2.35. The molecule has 1 saturated heterocycles. The molecule has 33 heavy (non-hydrogen) atoms. The summed E-state index contributed by atoms with van der Waals surface area (Å²) < 4.78 is 3.16. The van der Waals surface area contributed by atoms with E-state index in [1.54, 1.807) is 0 Å². The number of carbonyl (C=O) groups excluding carboxylic acids is 2. The standard InChI is InChI=1S/C27H21BrN2O2S/c1-18-5-4-6-20(13-18)15-29-17-21(23-7-2-3-8-24(23)29)14-25-26(31)30(27(32)33-25)16-19-9-11-22(28)12-10-19/h2-14,17H,15-16H2,1H3/b25-14-. The summed E-state index contributed by atoms with van der Waals surface area (Å²) in [4.78, 5) is 27.4. The number of carbonyl (C=O) groups is 2. The molecule has 0 spiro atoms. The molecule has 4 nitrogen and oxygen atoms in total. The molecule has 1 fully saturated rings. The normalized spacial score (nSPS) is 15.2. The molecule has 0 aliphatic carbocycles. The number of halogens is 1. The van der Waals surface area contributed by atoms with E-state index in [0.29, 0.717) is 4.91 Å². The second-order valence-electron chi connectivity index (χ2n) is 8.11. The molecular formula is C27H21BrN2O2S. The fraction of sp³-hybridized carbons (Fsp3) is 0.111. The molecule has 5 rings (SSSR count). The number of rotatable bonds is 5. The van der Waals surface area contributed by atoms with Crippen molar-refractivity contribution in [3.05, 3.63) is 111 Å². The maximum absolute atomic E-state index is 13.1. The van der Waals surface area contributed by atoms with Crippen molar-refractivity contribution in [3.63, 3.8) is 0 Å². The van der Waals surface area contributed by atoms with Gasteiger partial charge >= 0.3 is 0 Å². The summed E-state index contributed by atoms with van der Waals surface area (Å²) in [5, 5.41) is 0.822. The highest BCUT2D eigenvalue weighted by molar-refractivity contribution is 9.10. The second kappa shape index (κ2) is 9.04. The van der Waals surface area contributed by atoms with E-state index in [9.17, 15) is 9.59 Å². The number of aromatic nitrogens is 1. The summed E-state index contributed by atoms with van der Waals surface area (Å²) in [6, 6.07) is 24.3. The molecular weight excluding hydrogens is 496 g/mol. The molecule has 1 aromatic heterocycles. The molecule has 1 aliphatic rings. The van der Waals surface area contributed by atoms with Gasteiger partial charge in [0.05, 0.1) is 11.4 Å². The lowest BCUT2D eigenvalue weighted by Gasteiger charge is -2.12. The lowest BCUT2D eigenvalue weighted by atomic mass is 10.1. The van der Waals surface area contributed by atoms with Gasteiger partial charge < -0.3 is 4.57 Å². The fourth-order valence-corrected chi connectivity index (χ4v) is 5.17. The van der Waals surface area contributed by atoms with Crippen LogP contribution >= 0.6 is 27.7 Å². The summed E-state index contributed by atoms with van der Waals surface area (Å²) in [5.41, 5.74) is 5.39. The van der Waals surface area contributed by atoms with Gasteiger partial charge in [0.1, 0.15) is 0 Å². The number of aryl methyl sites for hydroxylation is 1. The van der Waals surface area contributed by atoms with Gasteiger partial charge in [-0.3, -0.25) is 14.5 Å². The number of amides is 2. The van der Waals surface area contributed by atoms with Gasteiger partial charge in [-0.2, -0.15) is 0 Å². The predicted octanol–water partition coefficient (Wildman–Crippen LogP) is 7.00. The van der Waals surface area contributed by atoms with Crippen LogP contribution < -0.4 is 0 Å². The van der Waals surface area contributed by atoms with Crippen molar-refractivity contribution in [2.45, 2.75) is 20.0 Å². The Hall–Kier alpha value is -3.09. The maximum Gasteiger partial charge on any atom is 0.293 e. The molecule has 2 amide bonds. The number of thioether (sulfide) groups is 1. The van der Waals surface area contributed by atoms with E-state index >= 15 is 0 Å². The summed E-state index contributed by atoms with van der Waals surface area (Å²) in [6.07, 6.45) is 3.91. The van der Waals surface area contributed by atoms with Gasteiger partial charge in [-0.1, -0.05) is 76.1 Å². The van der Waals surface area contributed by atoms with E-state index < -0.39 is 0 Å². The largest absolute Gasteiger partial charge is 0.342 e. The van der Waals surface area contributed by atoms with Gasteiger partial charge in [0.15, 0.2) is 0 Å². The van der Waals surface area contributed by atoms with Crippen LogP contribution in [0.15, 0.2) is 88.4 Å². The zero-order chi connectivity index (χ0) is 22.9. The van der Waals surface area contributed by atoms with Crippen LogP contribution in [0.25, 0.3) is 17.0 Å². The molecule has 0 bridgehead atoms. The number of benzene rings is 3. The van der Waals surface area contributed by atoms with E-state index in [4.69, 9.17) is 0 Å². The molecule has 0 atom stereocenters. The Morgan fingerprint density at radius 2 is 1.70 bits per heavy atom. The van der Waals surface area contributed by atoms with Crippen LogP contribution in [-0.4, -0.2) is 20.6 Å². The lowest BCUT2D eigenvalue weighted by molar-refractivity contribution is -0.123. The predicted molar refractivity (Wildman–Crippen MR) is 138 cm³/mol. The van der Waals surface area contributed by atoms with Gasteiger partial charge in [0.25, 0.3) is 11.1 Å². The first-order chi connectivity index (χ1) is 16.0. The Morgan fingerprint density at radius 1 is 0.909 bits per heavy atom. The Bertz CT molecular complexity index is 1410. The molecule has 164 valence electrons. The molecule has 3 aromatic carbocycles. The second-order valence-corrected chi connectivity index (χ2v) is 10.0. The Kier molecular flexibility index (Phi) is 5.96. The van der Waals surface area contributed by atoms with Crippen molar-refractivity contribution in [2.75, 3.05) is 0 Å². The smallest absolute Gasteiger partial charge is 0.293 e. The van der Waals surface area contributed by atoms with Gasteiger partial charge in [-0.25, -0.2) is 0 Å². The quantitative estimate of drug-likeness (QED) is 0.268. The molecule has 0 N–H and O–H groups in total. The molecule has 6 heteroatoms. The van der Waals surface area contributed by atoms with E-state index in [0.717, 1.165) is 44.8 Å². The Morgan fingerprint density at radius 3 is 2.48 bits per heavy atom. The number of nitrogens with zero attached hydrogens (tertiary/aromatic N) is 2. The van der Waals surface area contributed by atoms with Crippen molar-refractivity contribution < 1.29 is 9.59 Å². The SMILES string of the molecule is Cc1cccc(Cn2cc(/C=C3\SC(=O)N(Cc4ccc(Br)cc4)C3=O)c3ccccc32)c1. The minimum Gasteiger partial charge on any atom is -0.342 e. The third kappa shape index (κ3) is 4.54. The molecule has 0 radical (unpaired) electrons. The highest BCUT2D eigenvalue weighted by Crippen LogP contribution is 2.35. The molecule has 0 saturated carbocycles. The van der Waals surface area contributed by atoms with Crippen LogP contribution in [0.1, 0.15) is 22.3 Å². The van der Waals surface area contributed by atoms with Gasteiger partial charge in [-0.15, -0.1) is 0 Å². The molecule has 1 aliphatic heterocycles. The maximum atomic E-state index is 13.1. The summed E-state index contributed by atoms with van der Waals surface area (Å²) >= 11 is 4.41. The van der Waals surface area contributed by atoms with Crippen LogP contribution in [0.5, 0.6) is 0 Å². The first kappa shape index (κ1) is 21.7. The first-order valence-electron chi connectivity index (χ1n) is 10.6. The topological polar surface area (TPSA) is 42.3 Å². The zero-order valence-electron chi connectivity index (χ0n) is 18.0. The molecule has 0 unspecified atom stereocenters. The number of hydrogen-bond acceptors (Lipinski definition) is 3. The van der Waals surface area contributed by atoms with Crippen LogP contribution in [-0.2, 0) is 17.9 Å². The minimum absolute atomic E-state index is 0.238. The van der Waals surface area contributed by atoms with Gasteiger partial charge in [0.2, 0.25) is 0 Å². The summed E-state index contributed by atoms with van der Waals surface area (Å²) in [7, 11) is 0. The van der Waals surface area contributed by atoms with Crippen LogP contribution in [0.4, 0.5) is 4.79 Å². The monoisotopic (exact) mass is 516 g/mol. The van der Waals surface area contributed by atoms with E-state index in [1.165, 1.54) is 16.0 Å².